The lowest BCUT2D eigenvalue weighted by Gasteiger charge is -2.34. The molecule has 1 spiro atoms. The second-order valence-electron chi connectivity index (χ2n) is 10.5. The summed E-state index contributed by atoms with van der Waals surface area (Å²) in [5, 5.41) is 8.10. The molecule has 1 aliphatic heterocycles. The number of nitrogens with zero attached hydrogens (tertiary/aromatic N) is 2. The monoisotopic (exact) mass is 464 g/mol. The van der Waals surface area contributed by atoms with Crippen molar-refractivity contribution in [1.29, 1.82) is 5.41 Å². The summed E-state index contributed by atoms with van der Waals surface area (Å²) in [6.07, 6.45) is 2.80. The van der Waals surface area contributed by atoms with E-state index in [1.165, 1.54) is 56.0 Å². The van der Waals surface area contributed by atoms with Crippen LogP contribution >= 0.6 is 0 Å². The highest BCUT2D eigenvalue weighted by atomic mass is 19.4. The zero-order valence-corrected chi connectivity index (χ0v) is 19.7. The Balaban J connectivity index is 1.48. The lowest BCUT2D eigenvalue weighted by Crippen LogP contribution is -2.37. The van der Waals surface area contributed by atoms with Gasteiger partial charge in [0.25, 0.3) is 0 Å². The molecule has 0 radical (unpaired) electrons. The van der Waals surface area contributed by atoms with Gasteiger partial charge in [0.05, 0.1) is 5.71 Å². The van der Waals surface area contributed by atoms with Gasteiger partial charge in [-0.15, -0.1) is 13.2 Å². The van der Waals surface area contributed by atoms with Gasteiger partial charge in [-0.3, -0.25) is 4.99 Å². The van der Waals surface area contributed by atoms with Crippen LogP contribution in [0.4, 0.5) is 13.2 Å². The molecule has 1 saturated heterocycles. The minimum atomic E-state index is -4.82. The zero-order chi connectivity index (χ0) is 24.3. The van der Waals surface area contributed by atoms with E-state index in [1.54, 1.807) is 6.07 Å². The number of aliphatic imine (C=N–C) groups is 1. The van der Waals surface area contributed by atoms with Crippen molar-refractivity contribution < 1.29 is 17.9 Å². The van der Waals surface area contributed by atoms with Gasteiger partial charge in [0.1, 0.15) is 11.6 Å². The maximum Gasteiger partial charge on any atom is 0.573 e. The quantitative estimate of drug-likeness (QED) is 0.399. The number of para-hydroxylation sites is 1. The molecule has 8 heteroatoms. The van der Waals surface area contributed by atoms with Crippen LogP contribution in [0.5, 0.6) is 5.75 Å². The van der Waals surface area contributed by atoms with E-state index in [0.717, 1.165) is 19.6 Å². The number of nitrogens with one attached hydrogen (secondary N) is 1. The molecule has 1 aromatic rings. The maximum absolute atomic E-state index is 12.6. The summed E-state index contributed by atoms with van der Waals surface area (Å²) in [5.74, 6) is 0.400. The number of hydrogen-bond donors (Lipinski definition) is 2. The van der Waals surface area contributed by atoms with Crippen molar-refractivity contribution in [1.82, 2.24) is 4.90 Å². The van der Waals surface area contributed by atoms with Gasteiger partial charge in [0, 0.05) is 12.1 Å². The number of likely N-dealkylation sites (tertiary alicyclic amines) is 1. The molecule has 1 aliphatic carbocycles. The Morgan fingerprint density at radius 1 is 1.21 bits per heavy atom. The van der Waals surface area contributed by atoms with Crippen LogP contribution in [0, 0.1) is 22.2 Å². The van der Waals surface area contributed by atoms with E-state index in [1.807, 2.05) is 0 Å². The Bertz CT molecular complexity index is 894. The van der Waals surface area contributed by atoms with Crippen LogP contribution in [-0.2, 0) is 0 Å². The number of nitrogens with two attached hydrogens (primary N) is 1. The van der Waals surface area contributed by atoms with Crippen LogP contribution in [0.15, 0.2) is 41.4 Å². The lowest BCUT2D eigenvalue weighted by atomic mass is 9.88. The molecule has 1 atom stereocenters. The first kappa shape index (κ1) is 25.3. The summed E-state index contributed by atoms with van der Waals surface area (Å²) in [6.45, 7) is 10.9. The first-order valence-electron chi connectivity index (χ1n) is 11.5. The van der Waals surface area contributed by atoms with Gasteiger partial charge in [-0.1, -0.05) is 32.9 Å². The number of hydrogen-bond acceptors (Lipinski definition) is 4. The first-order valence-corrected chi connectivity index (χ1v) is 11.5. The summed E-state index contributed by atoms with van der Waals surface area (Å²) >= 11 is 0. The largest absolute Gasteiger partial charge is 0.573 e. The average molecular weight is 465 g/mol. The molecule has 0 aromatic heterocycles. The summed E-state index contributed by atoms with van der Waals surface area (Å²) in [4.78, 5) is 7.02. The minimum Gasteiger partial charge on any atom is -0.405 e. The van der Waals surface area contributed by atoms with Crippen molar-refractivity contribution in [3.8, 4) is 5.75 Å². The number of rotatable bonds is 8. The Labute approximate surface area is 194 Å². The molecule has 0 amide bonds. The van der Waals surface area contributed by atoms with E-state index in [2.05, 4.69) is 35.4 Å². The topological polar surface area (TPSA) is 74.7 Å². The van der Waals surface area contributed by atoms with Crippen molar-refractivity contribution in [3.05, 3.63) is 42.0 Å². The third-order valence-electron chi connectivity index (χ3n) is 6.71. The number of alkyl halides is 3. The van der Waals surface area contributed by atoms with Crippen molar-refractivity contribution in [3.63, 3.8) is 0 Å². The minimum absolute atomic E-state index is 0.0400. The highest BCUT2D eigenvalue weighted by Crippen LogP contribution is 2.59. The first-order chi connectivity index (χ1) is 15.4. The highest BCUT2D eigenvalue weighted by Gasteiger charge is 2.54. The van der Waals surface area contributed by atoms with E-state index in [4.69, 9.17) is 11.1 Å². The van der Waals surface area contributed by atoms with Crippen LogP contribution in [0.3, 0.4) is 0 Å². The Morgan fingerprint density at radius 2 is 1.88 bits per heavy atom. The predicted molar refractivity (Wildman–Crippen MR) is 126 cm³/mol. The molecule has 182 valence electrons. The third kappa shape index (κ3) is 7.59. The van der Waals surface area contributed by atoms with Gasteiger partial charge >= 0.3 is 6.36 Å². The normalized spacial score (nSPS) is 21.5. The second kappa shape index (κ2) is 9.87. The summed E-state index contributed by atoms with van der Waals surface area (Å²) in [7, 11) is 0. The van der Waals surface area contributed by atoms with Crippen molar-refractivity contribution >= 4 is 11.5 Å². The summed E-state index contributed by atoms with van der Waals surface area (Å²) in [6, 6.07) is 5.57. The number of allylic oxidation sites excluding steroid dienone is 1. The van der Waals surface area contributed by atoms with Crippen molar-refractivity contribution in [2.24, 2.45) is 27.5 Å². The van der Waals surface area contributed by atoms with E-state index >= 15 is 0 Å². The standard InChI is InChI=1S/C25H35F3N4O/c1-23(2,3)10-13-32-14-11-24(12-15-32)16-18(24)17-31-22(30)9-8-20(29)19-6-4-5-7-21(19)33-25(26,27)28/h4-9,18,29H,10-17H2,1-3H3,(H2,30,31)/b9-8-,29-20?. The molecule has 3 rings (SSSR count). The molecule has 1 saturated carbocycles. The van der Waals surface area contributed by atoms with Crippen LogP contribution in [-0.4, -0.2) is 49.0 Å². The van der Waals surface area contributed by atoms with Gasteiger partial charge < -0.3 is 20.8 Å². The SMILES string of the molecule is CC(C)(C)CCN1CCC2(CC1)CC2CN=C(N)/C=C\C(=N)c1ccccc1OC(F)(F)F. The summed E-state index contributed by atoms with van der Waals surface area (Å²) in [5.41, 5.74) is 6.65. The maximum atomic E-state index is 12.6. The Kier molecular flexibility index (Phi) is 7.56. The number of ether oxygens (including phenoxy) is 1. The van der Waals surface area contributed by atoms with Crippen molar-refractivity contribution in [2.75, 3.05) is 26.2 Å². The zero-order valence-electron chi connectivity index (χ0n) is 19.7. The summed E-state index contributed by atoms with van der Waals surface area (Å²) < 4.78 is 41.8. The molecule has 1 unspecified atom stereocenters. The molecular formula is C25H35F3N4O. The molecule has 5 nitrogen and oxygen atoms in total. The molecule has 2 fully saturated rings. The fourth-order valence-corrected chi connectivity index (χ4v) is 4.45. The number of piperidine rings is 1. The van der Waals surface area contributed by atoms with E-state index < -0.39 is 12.1 Å². The number of halogens is 3. The van der Waals surface area contributed by atoms with Crippen LogP contribution in [0.1, 0.15) is 52.0 Å². The average Bonchev–Trinajstić information content (AvgIpc) is 3.40. The lowest BCUT2D eigenvalue weighted by molar-refractivity contribution is -0.274. The Morgan fingerprint density at radius 3 is 2.52 bits per heavy atom. The van der Waals surface area contributed by atoms with E-state index in [-0.39, 0.29) is 17.1 Å². The van der Waals surface area contributed by atoms with Crippen molar-refractivity contribution in [2.45, 2.75) is 52.8 Å². The molecular weight excluding hydrogens is 429 g/mol. The number of benzene rings is 1. The molecule has 1 heterocycles. The molecule has 0 bridgehead atoms. The highest BCUT2D eigenvalue weighted by molar-refractivity contribution is 6.11. The van der Waals surface area contributed by atoms with E-state index in [0.29, 0.717) is 23.3 Å². The van der Waals surface area contributed by atoms with Crippen LogP contribution in [0.2, 0.25) is 0 Å². The van der Waals surface area contributed by atoms with Gasteiger partial charge in [-0.25, -0.2) is 0 Å². The number of amidine groups is 1. The fourth-order valence-electron chi connectivity index (χ4n) is 4.45. The van der Waals surface area contributed by atoms with Crippen LogP contribution < -0.4 is 10.5 Å². The van der Waals surface area contributed by atoms with Gasteiger partial charge in [0.15, 0.2) is 0 Å². The predicted octanol–water partition coefficient (Wildman–Crippen LogP) is 5.40. The smallest absolute Gasteiger partial charge is 0.405 e. The second-order valence-corrected chi connectivity index (χ2v) is 10.5. The molecule has 2 aliphatic rings. The molecule has 3 N–H and O–H groups in total. The van der Waals surface area contributed by atoms with Gasteiger partial charge in [0.2, 0.25) is 0 Å². The van der Waals surface area contributed by atoms with Crippen LogP contribution in [0.25, 0.3) is 0 Å². The fraction of sp³-hybridized carbons (Fsp3) is 0.600. The Hall–Kier alpha value is -2.35. The molecule has 33 heavy (non-hydrogen) atoms. The van der Waals surface area contributed by atoms with E-state index in [9.17, 15) is 13.2 Å². The molecule has 1 aromatic carbocycles. The third-order valence-corrected chi connectivity index (χ3v) is 6.71. The van der Waals surface area contributed by atoms with Gasteiger partial charge in [-0.2, -0.15) is 0 Å². The van der Waals surface area contributed by atoms with Gasteiger partial charge in [-0.05, 0) is 86.4 Å².